The number of benzene rings is 1. The summed E-state index contributed by atoms with van der Waals surface area (Å²) in [5.74, 6) is 0.639. The fourth-order valence-corrected chi connectivity index (χ4v) is 2.76. The zero-order chi connectivity index (χ0) is 16.3. The summed E-state index contributed by atoms with van der Waals surface area (Å²) in [5, 5.41) is 3.82. The van der Waals surface area contributed by atoms with Crippen molar-refractivity contribution < 1.29 is 17.7 Å². The molecule has 0 amide bonds. The first-order valence-electron chi connectivity index (χ1n) is 7.75. The van der Waals surface area contributed by atoms with Crippen molar-refractivity contribution in [2.24, 2.45) is 0 Å². The zero-order valence-electron chi connectivity index (χ0n) is 12.6. The molecule has 23 heavy (non-hydrogen) atoms. The highest BCUT2D eigenvalue weighted by molar-refractivity contribution is 5.55. The molecule has 1 aromatic carbocycles. The summed E-state index contributed by atoms with van der Waals surface area (Å²) >= 11 is 0. The molecule has 0 aliphatic carbocycles. The Kier molecular flexibility index (Phi) is 4.66. The summed E-state index contributed by atoms with van der Waals surface area (Å²) in [6, 6.07) is 4.97. The lowest BCUT2D eigenvalue weighted by Gasteiger charge is -2.16. The van der Waals surface area contributed by atoms with Crippen LogP contribution in [0.4, 0.5) is 13.2 Å². The molecule has 0 saturated carbocycles. The monoisotopic (exact) mass is 325 g/mol. The lowest BCUT2D eigenvalue weighted by molar-refractivity contribution is -0.137. The number of nitrogens with zero attached hydrogens (tertiary/aromatic N) is 3. The van der Waals surface area contributed by atoms with Gasteiger partial charge in [0.2, 0.25) is 11.7 Å². The molecule has 0 bridgehead atoms. The quantitative estimate of drug-likeness (QED) is 0.851. The summed E-state index contributed by atoms with van der Waals surface area (Å²) in [7, 11) is 0. The van der Waals surface area contributed by atoms with Crippen LogP contribution in [0.1, 0.15) is 37.1 Å². The molecule has 4 nitrogen and oxygen atoms in total. The van der Waals surface area contributed by atoms with Gasteiger partial charge in [-0.25, -0.2) is 0 Å². The second-order valence-electron chi connectivity index (χ2n) is 5.78. The van der Waals surface area contributed by atoms with Crippen LogP contribution in [0, 0.1) is 0 Å². The average Bonchev–Trinajstić information content (AvgIpc) is 2.83. The van der Waals surface area contributed by atoms with Crippen molar-refractivity contribution in [1.82, 2.24) is 15.0 Å². The van der Waals surface area contributed by atoms with Gasteiger partial charge in [-0.05, 0) is 38.1 Å². The highest BCUT2D eigenvalue weighted by Crippen LogP contribution is 2.31. The van der Waals surface area contributed by atoms with E-state index in [1.807, 2.05) is 0 Å². The maximum absolute atomic E-state index is 12.8. The number of rotatable bonds is 3. The van der Waals surface area contributed by atoms with Gasteiger partial charge in [0, 0.05) is 5.56 Å². The van der Waals surface area contributed by atoms with E-state index in [-0.39, 0.29) is 5.82 Å². The van der Waals surface area contributed by atoms with E-state index in [4.69, 9.17) is 4.52 Å². The first-order valence-corrected chi connectivity index (χ1v) is 7.75. The molecule has 0 spiro atoms. The van der Waals surface area contributed by atoms with Crippen LogP contribution in [0.5, 0.6) is 0 Å². The summed E-state index contributed by atoms with van der Waals surface area (Å²) in [5.41, 5.74) is -0.403. The fraction of sp³-hybridized carbons (Fsp3) is 0.500. The molecule has 1 fully saturated rings. The van der Waals surface area contributed by atoms with Crippen LogP contribution in [0.15, 0.2) is 28.8 Å². The van der Waals surface area contributed by atoms with E-state index in [1.165, 1.54) is 18.9 Å². The lowest BCUT2D eigenvalue weighted by atomic mass is 10.1. The number of halogens is 3. The third-order valence-electron chi connectivity index (χ3n) is 3.97. The Morgan fingerprint density at radius 3 is 2.52 bits per heavy atom. The molecule has 0 unspecified atom stereocenters. The molecule has 2 aromatic rings. The van der Waals surface area contributed by atoms with Crippen molar-refractivity contribution >= 4 is 0 Å². The third-order valence-corrected chi connectivity index (χ3v) is 3.97. The van der Waals surface area contributed by atoms with Gasteiger partial charge < -0.3 is 4.52 Å². The molecule has 3 rings (SSSR count). The Morgan fingerprint density at radius 2 is 1.83 bits per heavy atom. The van der Waals surface area contributed by atoms with E-state index in [2.05, 4.69) is 15.0 Å². The standard InChI is InChI=1S/C16H18F3N3O/c17-16(18,19)13-7-5-6-12(10-13)15-20-14(23-21-15)11-22-8-3-1-2-4-9-22/h5-7,10H,1-4,8-9,11H2. The first kappa shape index (κ1) is 16.0. The van der Waals surface area contributed by atoms with Gasteiger partial charge in [0.15, 0.2) is 0 Å². The maximum Gasteiger partial charge on any atom is 0.416 e. The number of alkyl halides is 3. The summed E-state index contributed by atoms with van der Waals surface area (Å²) in [4.78, 5) is 6.49. The van der Waals surface area contributed by atoms with Crippen molar-refractivity contribution in [3.8, 4) is 11.4 Å². The molecule has 0 N–H and O–H groups in total. The molecular weight excluding hydrogens is 307 g/mol. The molecule has 2 heterocycles. The van der Waals surface area contributed by atoms with Crippen molar-refractivity contribution in [2.45, 2.75) is 38.4 Å². The SMILES string of the molecule is FC(F)(F)c1cccc(-c2noc(CN3CCCCCC3)n2)c1. The highest BCUT2D eigenvalue weighted by Gasteiger charge is 2.30. The summed E-state index contributed by atoms with van der Waals surface area (Å²) < 4.78 is 43.5. The molecule has 1 aromatic heterocycles. The van der Waals surface area contributed by atoms with Gasteiger partial charge in [-0.1, -0.05) is 30.1 Å². The third kappa shape index (κ3) is 4.10. The van der Waals surface area contributed by atoms with Crippen LogP contribution in [0.3, 0.4) is 0 Å². The molecule has 0 atom stereocenters. The zero-order valence-corrected chi connectivity index (χ0v) is 12.6. The topological polar surface area (TPSA) is 42.2 Å². The summed E-state index contributed by atoms with van der Waals surface area (Å²) in [6.45, 7) is 2.52. The lowest BCUT2D eigenvalue weighted by Crippen LogP contribution is -2.24. The van der Waals surface area contributed by atoms with Crippen LogP contribution in [0.2, 0.25) is 0 Å². The molecule has 7 heteroatoms. The first-order chi connectivity index (χ1) is 11.0. The molecule has 1 aliphatic rings. The number of aromatic nitrogens is 2. The molecule has 0 radical (unpaired) electrons. The van der Waals surface area contributed by atoms with Gasteiger partial charge in [-0.3, -0.25) is 4.90 Å². The van der Waals surface area contributed by atoms with Crippen LogP contribution < -0.4 is 0 Å². The minimum Gasteiger partial charge on any atom is -0.338 e. The van der Waals surface area contributed by atoms with Crippen LogP contribution in [0.25, 0.3) is 11.4 Å². The highest BCUT2D eigenvalue weighted by atomic mass is 19.4. The summed E-state index contributed by atoms with van der Waals surface area (Å²) in [6.07, 6.45) is 0.378. The normalized spacial score (nSPS) is 17.2. The van der Waals surface area contributed by atoms with E-state index < -0.39 is 11.7 Å². The van der Waals surface area contributed by atoms with Gasteiger partial charge in [-0.2, -0.15) is 18.2 Å². The van der Waals surface area contributed by atoms with E-state index in [1.54, 1.807) is 6.07 Å². The minimum atomic E-state index is -4.38. The van der Waals surface area contributed by atoms with Gasteiger partial charge in [0.25, 0.3) is 0 Å². The van der Waals surface area contributed by atoms with Crippen LogP contribution in [-0.2, 0) is 12.7 Å². The Bertz CT molecular complexity index is 646. The average molecular weight is 325 g/mol. The van der Waals surface area contributed by atoms with Crippen molar-refractivity contribution in [3.05, 3.63) is 35.7 Å². The van der Waals surface area contributed by atoms with Gasteiger partial charge in [0.05, 0.1) is 12.1 Å². The minimum absolute atomic E-state index is 0.195. The number of hydrogen-bond acceptors (Lipinski definition) is 4. The Balaban J connectivity index is 1.74. The Morgan fingerprint density at radius 1 is 1.09 bits per heavy atom. The van der Waals surface area contributed by atoms with Crippen molar-refractivity contribution in [1.29, 1.82) is 0 Å². The Hall–Kier alpha value is -1.89. The van der Waals surface area contributed by atoms with E-state index in [0.717, 1.165) is 38.1 Å². The van der Waals surface area contributed by atoms with Gasteiger partial charge in [-0.15, -0.1) is 0 Å². The maximum atomic E-state index is 12.8. The van der Waals surface area contributed by atoms with E-state index >= 15 is 0 Å². The van der Waals surface area contributed by atoms with E-state index in [0.29, 0.717) is 18.0 Å². The second kappa shape index (κ2) is 6.70. The molecule has 1 saturated heterocycles. The van der Waals surface area contributed by atoms with Crippen molar-refractivity contribution in [3.63, 3.8) is 0 Å². The van der Waals surface area contributed by atoms with Crippen LogP contribution in [-0.4, -0.2) is 28.1 Å². The predicted molar refractivity (Wildman–Crippen MR) is 78.5 cm³/mol. The number of hydrogen-bond donors (Lipinski definition) is 0. The van der Waals surface area contributed by atoms with E-state index in [9.17, 15) is 13.2 Å². The van der Waals surface area contributed by atoms with Gasteiger partial charge in [0.1, 0.15) is 0 Å². The Labute approximate surface area is 132 Å². The second-order valence-corrected chi connectivity index (χ2v) is 5.78. The molecule has 124 valence electrons. The molecular formula is C16H18F3N3O. The van der Waals surface area contributed by atoms with Crippen LogP contribution >= 0.6 is 0 Å². The number of likely N-dealkylation sites (tertiary alicyclic amines) is 1. The smallest absolute Gasteiger partial charge is 0.338 e. The van der Waals surface area contributed by atoms with Gasteiger partial charge >= 0.3 is 6.18 Å². The molecule has 1 aliphatic heterocycles. The predicted octanol–water partition coefficient (Wildman–Crippen LogP) is 4.13. The van der Waals surface area contributed by atoms with Crippen molar-refractivity contribution in [2.75, 3.05) is 13.1 Å². The largest absolute Gasteiger partial charge is 0.416 e. The fourth-order valence-electron chi connectivity index (χ4n) is 2.76.